The number of non-ortho nitro benzene ring substituents is 1. The van der Waals surface area contributed by atoms with E-state index < -0.39 is 11.0 Å². The van der Waals surface area contributed by atoms with Gasteiger partial charge in [-0.25, -0.2) is 4.79 Å². The van der Waals surface area contributed by atoms with Crippen molar-refractivity contribution in [3.05, 3.63) is 39.9 Å². The van der Waals surface area contributed by atoms with Gasteiger partial charge in [-0.3, -0.25) is 10.1 Å². The van der Waals surface area contributed by atoms with Crippen molar-refractivity contribution in [3.63, 3.8) is 0 Å². The summed E-state index contributed by atoms with van der Waals surface area (Å²) in [7, 11) is 0. The van der Waals surface area contributed by atoms with E-state index in [4.69, 9.17) is 5.73 Å². The molecule has 1 aromatic rings. The van der Waals surface area contributed by atoms with E-state index in [-0.39, 0.29) is 12.3 Å². The standard InChI is InChI=1S/C11H15N3O4/c12-11(15)18-8-7-13-6-5-9-1-3-10(4-2-9)14(16)17/h1-4,13H,5-8H2,(H2,12,15). The highest BCUT2D eigenvalue weighted by atomic mass is 16.6. The maximum absolute atomic E-state index is 10.4. The van der Waals surface area contributed by atoms with Crippen LogP contribution >= 0.6 is 0 Å². The second kappa shape index (κ2) is 7.23. The average Bonchev–Trinajstić information content (AvgIpc) is 2.34. The van der Waals surface area contributed by atoms with Gasteiger partial charge in [0.15, 0.2) is 0 Å². The monoisotopic (exact) mass is 253 g/mol. The van der Waals surface area contributed by atoms with Crippen LogP contribution in [0.4, 0.5) is 10.5 Å². The SMILES string of the molecule is NC(=O)OCCNCCc1ccc([N+](=O)[O-])cc1. The lowest BCUT2D eigenvalue weighted by Crippen LogP contribution is -2.25. The van der Waals surface area contributed by atoms with Gasteiger partial charge in [0.1, 0.15) is 6.61 Å². The van der Waals surface area contributed by atoms with Crippen LogP contribution in [0.3, 0.4) is 0 Å². The molecular weight excluding hydrogens is 238 g/mol. The van der Waals surface area contributed by atoms with E-state index in [0.717, 1.165) is 12.0 Å². The number of nitro groups is 1. The van der Waals surface area contributed by atoms with Gasteiger partial charge in [-0.2, -0.15) is 0 Å². The third kappa shape index (κ3) is 5.26. The number of hydrogen-bond acceptors (Lipinski definition) is 5. The van der Waals surface area contributed by atoms with Crippen molar-refractivity contribution in [2.75, 3.05) is 19.7 Å². The largest absolute Gasteiger partial charge is 0.448 e. The first-order chi connectivity index (χ1) is 8.59. The fraction of sp³-hybridized carbons (Fsp3) is 0.364. The number of nitro benzene ring substituents is 1. The maximum Gasteiger partial charge on any atom is 0.404 e. The molecule has 7 heteroatoms. The second-order valence-corrected chi connectivity index (χ2v) is 3.59. The third-order valence-corrected chi connectivity index (χ3v) is 2.26. The molecule has 0 aliphatic rings. The molecule has 1 aromatic carbocycles. The molecule has 0 bridgehead atoms. The maximum atomic E-state index is 10.4. The molecule has 0 saturated heterocycles. The number of nitrogens with zero attached hydrogens (tertiary/aromatic N) is 1. The van der Waals surface area contributed by atoms with Crippen LogP contribution in [0.5, 0.6) is 0 Å². The molecule has 0 aliphatic heterocycles. The van der Waals surface area contributed by atoms with E-state index >= 15 is 0 Å². The normalized spacial score (nSPS) is 10.0. The minimum absolute atomic E-state index is 0.0848. The van der Waals surface area contributed by atoms with Crippen LogP contribution in [0.1, 0.15) is 5.56 Å². The fourth-order valence-corrected chi connectivity index (χ4v) is 1.37. The van der Waals surface area contributed by atoms with Crippen LogP contribution in [0.15, 0.2) is 24.3 Å². The Kier molecular flexibility index (Phi) is 5.59. The van der Waals surface area contributed by atoms with Gasteiger partial charge in [-0.05, 0) is 18.5 Å². The summed E-state index contributed by atoms with van der Waals surface area (Å²) in [5.74, 6) is 0. The van der Waals surface area contributed by atoms with Gasteiger partial charge in [0.05, 0.1) is 4.92 Å². The van der Waals surface area contributed by atoms with Gasteiger partial charge < -0.3 is 15.8 Å². The molecule has 0 saturated carbocycles. The third-order valence-electron chi connectivity index (χ3n) is 2.26. The minimum Gasteiger partial charge on any atom is -0.448 e. The molecule has 0 atom stereocenters. The molecule has 0 unspecified atom stereocenters. The number of hydrogen-bond donors (Lipinski definition) is 2. The van der Waals surface area contributed by atoms with Crippen molar-refractivity contribution in [1.29, 1.82) is 0 Å². The Balaban J connectivity index is 2.19. The molecule has 3 N–H and O–H groups in total. The van der Waals surface area contributed by atoms with Gasteiger partial charge in [-0.15, -0.1) is 0 Å². The molecule has 0 radical (unpaired) electrons. The number of carbonyl (C=O) groups is 1. The van der Waals surface area contributed by atoms with E-state index in [1.165, 1.54) is 12.1 Å². The van der Waals surface area contributed by atoms with Crippen molar-refractivity contribution in [2.45, 2.75) is 6.42 Å². The molecule has 0 spiro atoms. The lowest BCUT2D eigenvalue weighted by Gasteiger charge is -2.04. The molecule has 7 nitrogen and oxygen atoms in total. The van der Waals surface area contributed by atoms with Gasteiger partial charge in [0, 0.05) is 18.7 Å². The molecule has 0 aliphatic carbocycles. The Labute approximate surface area is 104 Å². The lowest BCUT2D eigenvalue weighted by molar-refractivity contribution is -0.384. The zero-order valence-electron chi connectivity index (χ0n) is 9.80. The molecular formula is C11H15N3O4. The van der Waals surface area contributed by atoms with E-state index in [9.17, 15) is 14.9 Å². The molecule has 1 rings (SSSR count). The van der Waals surface area contributed by atoms with Crippen LogP contribution < -0.4 is 11.1 Å². The summed E-state index contributed by atoms with van der Waals surface area (Å²) < 4.78 is 4.54. The molecule has 98 valence electrons. The van der Waals surface area contributed by atoms with E-state index in [1.807, 2.05) is 0 Å². The van der Waals surface area contributed by atoms with Gasteiger partial charge in [0.25, 0.3) is 5.69 Å². The molecule has 1 amide bonds. The summed E-state index contributed by atoms with van der Waals surface area (Å²) >= 11 is 0. The number of rotatable bonds is 7. The first-order valence-electron chi connectivity index (χ1n) is 5.46. The summed E-state index contributed by atoms with van der Waals surface area (Å²) in [6, 6.07) is 6.40. The van der Waals surface area contributed by atoms with Crippen LogP contribution in [-0.4, -0.2) is 30.7 Å². The number of primary amides is 1. The van der Waals surface area contributed by atoms with Gasteiger partial charge in [-0.1, -0.05) is 12.1 Å². The molecule has 0 heterocycles. The molecule has 18 heavy (non-hydrogen) atoms. The van der Waals surface area contributed by atoms with E-state index in [0.29, 0.717) is 13.1 Å². The summed E-state index contributed by atoms with van der Waals surface area (Å²) in [5, 5.41) is 13.5. The number of amides is 1. The Morgan fingerprint density at radius 1 is 1.33 bits per heavy atom. The van der Waals surface area contributed by atoms with Crippen LogP contribution in [0, 0.1) is 10.1 Å². The van der Waals surface area contributed by atoms with Gasteiger partial charge in [0.2, 0.25) is 0 Å². The number of nitrogens with one attached hydrogen (secondary N) is 1. The first-order valence-corrected chi connectivity index (χ1v) is 5.46. The summed E-state index contributed by atoms with van der Waals surface area (Å²) in [5.41, 5.74) is 5.88. The highest BCUT2D eigenvalue weighted by molar-refractivity contribution is 5.64. The van der Waals surface area contributed by atoms with Crippen molar-refractivity contribution >= 4 is 11.8 Å². The summed E-state index contributed by atoms with van der Waals surface area (Å²) in [4.78, 5) is 20.3. The Hall–Kier alpha value is -2.15. The van der Waals surface area contributed by atoms with Crippen molar-refractivity contribution in [3.8, 4) is 0 Å². The molecule has 0 aromatic heterocycles. The zero-order chi connectivity index (χ0) is 13.4. The van der Waals surface area contributed by atoms with Crippen molar-refractivity contribution < 1.29 is 14.5 Å². The fourth-order valence-electron chi connectivity index (χ4n) is 1.37. The average molecular weight is 253 g/mol. The predicted octanol–water partition coefficient (Wildman–Crippen LogP) is 0.822. The highest BCUT2D eigenvalue weighted by Crippen LogP contribution is 2.11. The molecule has 0 fully saturated rings. The van der Waals surface area contributed by atoms with Crippen LogP contribution in [0.2, 0.25) is 0 Å². The highest BCUT2D eigenvalue weighted by Gasteiger charge is 2.03. The number of ether oxygens (including phenoxy) is 1. The van der Waals surface area contributed by atoms with E-state index in [2.05, 4.69) is 10.1 Å². The van der Waals surface area contributed by atoms with Crippen LogP contribution in [-0.2, 0) is 11.2 Å². The predicted molar refractivity (Wildman–Crippen MR) is 65.2 cm³/mol. The Morgan fingerprint density at radius 2 is 2.00 bits per heavy atom. The van der Waals surface area contributed by atoms with Crippen molar-refractivity contribution in [2.24, 2.45) is 5.73 Å². The number of benzene rings is 1. The Morgan fingerprint density at radius 3 is 2.56 bits per heavy atom. The lowest BCUT2D eigenvalue weighted by atomic mass is 10.1. The Bertz CT molecular complexity index is 405. The van der Waals surface area contributed by atoms with Gasteiger partial charge >= 0.3 is 6.09 Å². The second-order valence-electron chi connectivity index (χ2n) is 3.59. The van der Waals surface area contributed by atoms with E-state index in [1.54, 1.807) is 12.1 Å². The minimum atomic E-state index is -0.785. The summed E-state index contributed by atoms with van der Waals surface area (Å²) in [6.07, 6.45) is -0.0404. The quantitative estimate of drug-likeness (QED) is 0.425. The van der Waals surface area contributed by atoms with Crippen molar-refractivity contribution in [1.82, 2.24) is 5.32 Å². The van der Waals surface area contributed by atoms with Crippen LogP contribution in [0.25, 0.3) is 0 Å². The first kappa shape index (κ1) is 13.9. The number of nitrogens with two attached hydrogens (primary N) is 1. The smallest absolute Gasteiger partial charge is 0.404 e. The summed E-state index contributed by atoms with van der Waals surface area (Å²) in [6.45, 7) is 1.45. The number of carbonyl (C=O) groups excluding carboxylic acids is 1. The zero-order valence-corrected chi connectivity index (χ0v) is 9.80. The topological polar surface area (TPSA) is 107 Å².